The van der Waals surface area contributed by atoms with Crippen LogP contribution < -0.4 is 5.56 Å². The minimum absolute atomic E-state index is 0.117. The van der Waals surface area contributed by atoms with Crippen LogP contribution in [0.2, 0.25) is 0 Å². The number of thiophene rings is 1. The lowest BCUT2D eigenvalue weighted by molar-refractivity contribution is 1.17. The van der Waals surface area contributed by atoms with Crippen molar-refractivity contribution < 1.29 is 0 Å². The quantitative estimate of drug-likeness (QED) is 0.813. The Kier molecular flexibility index (Phi) is 2.05. The topological polar surface area (TPSA) is 45.8 Å². The Morgan fingerprint density at radius 1 is 1.42 bits per heavy atom. The Morgan fingerprint density at radius 3 is 2.83 bits per heavy atom. The van der Waals surface area contributed by atoms with Crippen LogP contribution >= 0.6 is 43.2 Å². The molecule has 0 aliphatic heterocycles. The highest BCUT2D eigenvalue weighted by molar-refractivity contribution is 9.12. The molecular formula is C6H2Br2N2OS. The molecule has 6 heteroatoms. The summed E-state index contributed by atoms with van der Waals surface area (Å²) < 4.78 is 1.68. The summed E-state index contributed by atoms with van der Waals surface area (Å²) in [4.78, 5) is 17.8. The highest BCUT2D eigenvalue weighted by Gasteiger charge is 2.10. The first-order valence-corrected chi connectivity index (χ1v) is 5.41. The van der Waals surface area contributed by atoms with Gasteiger partial charge in [0, 0.05) is 0 Å². The number of halogens is 2. The molecule has 0 bridgehead atoms. The van der Waals surface area contributed by atoms with Gasteiger partial charge >= 0.3 is 0 Å². The second-order valence-electron chi connectivity index (χ2n) is 2.10. The van der Waals surface area contributed by atoms with Gasteiger partial charge in [0.1, 0.15) is 5.52 Å². The number of aromatic nitrogens is 2. The molecule has 2 aromatic heterocycles. The predicted molar refractivity (Wildman–Crippen MR) is 55.6 cm³/mol. The van der Waals surface area contributed by atoms with Gasteiger partial charge in [-0.1, -0.05) is 0 Å². The molecule has 2 aromatic rings. The molecule has 0 aliphatic rings. The van der Waals surface area contributed by atoms with Crippen molar-refractivity contribution in [1.82, 2.24) is 9.97 Å². The number of fused-ring (bicyclic) bond motifs is 1. The zero-order valence-electron chi connectivity index (χ0n) is 5.60. The lowest BCUT2D eigenvalue weighted by Crippen LogP contribution is -2.04. The summed E-state index contributed by atoms with van der Waals surface area (Å²) in [7, 11) is 0. The molecular weight excluding hydrogens is 308 g/mol. The van der Waals surface area contributed by atoms with E-state index in [1.54, 1.807) is 0 Å². The molecule has 2 rings (SSSR count). The second kappa shape index (κ2) is 2.93. The Bertz CT molecular complexity index is 490. The number of H-pyrrole nitrogens is 1. The van der Waals surface area contributed by atoms with Gasteiger partial charge in [-0.15, -0.1) is 11.3 Å². The highest BCUT2D eigenvalue weighted by atomic mass is 79.9. The highest BCUT2D eigenvalue weighted by Crippen LogP contribution is 2.35. The third-order valence-electron chi connectivity index (χ3n) is 1.42. The van der Waals surface area contributed by atoms with Crippen molar-refractivity contribution in [3.8, 4) is 0 Å². The van der Waals surface area contributed by atoms with E-state index in [4.69, 9.17) is 0 Å². The van der Waals surface area contributed by atoms with Crippen LogP contribution in [0.4, 0.5) is 0 Å². The van der Waals surface area contributed by atoms with Gasteiger partial charge in [0.2, 0.25) is 0 Å². The SMILES string of the molecule is O=c1[nH]cnc2c(Br)sc(Br)c12. The Balaban J connectivity index is 3.09. The van der Waals surface area contributed by atoms with Crippen LogP contribution in [0.3, 0.4) is 0 Å². The molecule has 0 atom stereocenters. The number of aromatic amines is 1. The van der Waals surface area contributed by atoms with Crippen molar-refractivity contribution in [2.24, 2.45) is 0 Å². The fraction of sp³-hybridized carbons (Fsp3) is 0. The van der Waals surface area contributed by atoms with Crippen LogP contribution in [0.5, 0.6) is 0 Å². The lowest BCUT2D eigenvalue weighted by Gasteiger charge is -1.86. The summed E-state index contributed by atoms with van der Waals surface area (Å²) in [6.45, 7) is 0. The monoisotopic (exact) mass is 308 g/mol. The maximum absolute atomic E-state index is 11.3. The summed E-state index contributed by atoms with van der Waals surface area (Å²) in [6.07, 6.45) is 1.40. The average Bonchev–Trinajstić information content (AvgIpc) is 2.29. The average molecular weight is 310 g/mol. The van der Waals surface area contributed by atoms with E-state index in [-0.39, 0.29) is 5.56 Å². The zero-order valence-corrected chi connectivity index (χ0v) is 9.59. The third-order valence-corrected chi connectivity index (χ3v) is 3.91. The standard InChI is InChI=1S/C6H2Br2N2OS/c7-4-2-3(5(8)12-4)9-1-10-6(2)11/h1H,(H,9,10,11). The van der Waals surface area contributed by atoms with Gasteiger partial charge in [0.25, 0.3) is 5.56 Å². The summed E-state index contributed by atoms with van der Waals surface area (Å²) in [5.41, 5.74) is 0.587. The van der Waals surface area contributed by atoms with E-state index in [1.807, 2.05) is 0 Å². The molecule has 0 unspecified atom stereocenters. The van der Waals surface area contributed by atoms with Gasteiger partial charge in [-0.05, 0) is 31.9 Å². The van der Waals surface area contributed by atoms with Crippen LogP contribution in [0.1, 0.15) is 0 Å². The first kappa shape index (κ1) is 8.40. The normalized spacial score (nSPS) is 10.8. The summed E-state index contributed by atoms with van der Waals surface area (Å²) >= 11 is 8.07. The van der Waals surface area contributed by atoms with Crippen LogP contribution in [0, 0.1) is 0 Å². The predicted octanol–water partition coefficient (Wildman–Crippen LogP) is 2.51. The zero-order chi connectivity index (χ0) is 8.72. The first-order valence-electron chi connectivity index (χ1n) is 3.01. The Labute approximate surface area is 88.1 Å². The van der Waals surface area contributed by atoms with E-state index in [0.717, 1.165) is 7.57 Å². The molecule has 0 amide bonds. The second-order valence-corrected chi connectivity index (χ2v) is 5.76. The van der Waals surface area contributed by atoms with Crippen molar-refractivity contribution in [2.75, 3.05) is 0 Å². The molecule has 1 N–H and O–H groups in total. The number of hydrogen-bond donors (Lipinski definition) is 1. The van der Waals surface area contributed by atoms with E-state index in [2.05, 4.69) is 41.8 Å². The summed E-state index contributed by atoms with van der Waals surface area (Å²) in [6, 6.07) is 0. The molecule has 2 heterocycles. The van der Waals surface area contributed by atoms with Crippen LogP contribution in [0.15, 0.2) is 18.7 Å². The molecule has 0 aliphatic carbocycles. The first-order chi connectivity index (χ1) is 5.70. The summed E-state index contributed by atoms with van der Waals surface area (Å²) in [5.74, 6) is 0. The van der Waals surface area contributed by atoms with Crippen LogP contribution in [-0.4, -0.2) is 9.97 Å². The van der Waals surface area contributed by atoms with Crippen molar-refractivity contribution in [3.63, 3.8) is 0 Å². The van der Waals surface area contributed by atoms with E-state index in [9.17, 15) is 4.79 Å². The number of hydrogen-bond acceptors (Lipinski definition) is 3. The minimum atomic E-state index is -0.117. The van der Waals surface area contributed by atoms with Gasteiger partial charge < -0.3 is 4.98 Å². The smallest absolute Gasteiger partial charge is 0.260 e. The van der Waals surface area contributed by atoms with E-state index < -0.39 is 0 Å². The molecule has 0 spiro atoms. The minimum Gasteiger partial charge on any atom is -0.313 e. The molecule has 3 nitrogen and oxygen atoms in total. The van der Waals surface area contributed by atoms with Crippen molar-refractivity contribution in [3.05, 3.63) is 24.3 Å². The van der Waals surface area contributed by atoms with E-state index in [1.165, 1.54) is 17.7 Å². The Hall–Kier alpha value is -0.200. The van der Waals surface area contributed by atoms with Gasteiger partial charge in [-0.3, -0.25) is 4.79 Å². The molecule has 12 heavy (non-hydrogen) atoms. The van der Waals surface area contributed by atoms with E-state index >= 15 is 0 Å². The number of nitrogens with one attached hydrogen (secondary N) is 1. The maximum atomic E-state index is 11.3. The fourth-order valence-corrected chi connectivity index (χ4v) is 3.90. The fourth-order valence-electron chi connectivity index (χ4n) is 0.909. The van der Waals surface area contributed by atoms with Crippen LogP contribution in [-0.2, 0) is 0 Å². The van der Waals surface area contributed by atoms with Crippen molar-refractivity contribution >= 4 is 54.1 Å². The molecule has 0 radical (unpaired) electrons. The molecule has 0 fully saturated rings. The van der Waals surface area contributed by atoms with E-state index in [0.29, 0.717) is 10.9 Å². The third kappa shape index (κ3) is 1.14. The van der Waals surface area contributed by atoms with Crippen molar-refractivity contribution in [1.29, 1.82) is 0 Å². The van der Waals surface area contributed by atoms with Gasteiger partial charge in [-0.25, -0.2) is 4.98 Å². The maximum Gasteiger partial charge on any atom is 0.260 e. The number of nitrogens with zero attached hydrogens (tertiary/aromatic N) is 1. The molecule has 62 valence electrons. The largest absolute Gasteiger partial charge is 0.313 e. The number of rotatable bonds is 0. The molecule has 0 saturated carbocycles. The molecule has 0 saturated heterocycles. The molecule has 0 aromatic carbocycles. The van der Waals surface area contributed by atoms with Gasteiger partial charge in [0.15, 0.2) is 0 Å². The van der Waals surface area contributed by atoms with Gasteiger partial charge in [0.05, 0.1) is 19.3 Å². The lowest BCUT2D eigenvalue weighted by atomic mass is 10.4. The van der Waals surface area contributed by atoms with Crippen molar-refractivity contribution in [2.45, 2.75) is 0 Å². The Morgan fingerprint density at radius 2 is 2.17 bits per heavy atom. The van der Waals surface area contributed by atoms with Gasteiger partial charge in [-0.2, -0.15) is 0 Å². The van der Waals surface area contributed by atoms with Crippen LogP contribution in [0.25, 0.3) is 10.9 Å². The summed E-state index contributed by atoms with van der Waals surface area (Å²) in [5, 5.41) is 0.606.